The maximum Gasteiger partial charge on any atom is 0.119 e. The van der Waals surface area contributed by atoms with E-state index >= 15 is 0 Å². The summed E-state index contributed by atoms with van der Waals surface area (Å²) in [6.07, 6.45) is 9.01. The van der Waals surface area contributed by atoms with Crippen molar-refractivity contribution in [1.29, 1.82) is 0 Å². The minimum atomic E-state index is 0.843. The van der Waals surface area contributed by atoms with Crippen LogP contribution in [0.2, 0.25) is 0 Å². The topological polar surface area (TPSA) is 21.7 Å². The Morgan fingerprint density at radius 3 is 1.88 bits per heavy atom. The number of ether oxygens (including phenoxy) is 2. The van der Waals surface area contributed by atoms with Crippen molar-refractivity contribution in [3.63, 3.8) is 0 Å². The Morgan fingerprint density at radius 2 is 1.24 bits per heavy atom. The van der Waals surface area contributed by atoms with Gasteiger partial charge in [0.1, 0.15) is 11.5 Å². The van der Waals surface area contributed by atoms with E-state index in [2.05, 4.69) is 95.9 Å². The molecule has 5 aromatic rings. The predicted molar refractivity (Wildman–Crippen MR) is 171 cm³/mol. The third kappa shape index (κ3) is 4.68. The molecule has 0 N–H and O–H groups in total. The Hall–Kier alpha value is -4.76. The molecule has 0 heterocycles. The van der Waals surface area contributed by atoms with Crippen LogP contribution < -0.4 is 14.4 Å². The maximum absolute atomic E-state index is 5.40. The molecule has 3 heteroatoms. The molecule has 0 fully saturated rings. The van der Waals surface area contributed by atoms with E-state index in [-0.39, 0.29) is 0 Å². The maximum atomic E-state index is 5.40. The highest BCUT2D eigenvalue weighted by atomic mass is 16.5. The van der Waals surface area contributed by atoms with Gasteiger partial charge in [-0.25, -0.2) is 0 Å². The fourth-order valence-electron chi connectivity index (χ4n) is 6.33. The summed E-state index contributed by atoms with van der Waals surface area (Å²) < 4.78 is 10.8. The lowest BCUT2D eigenvalue weighted by Crippen LogP contribution is -2.10. The Balaban J connectivity index is 1.15. The molecule has 0 saturated heterocycles. The summed E-state index contributed by atoms with van der Waals surface area (Å²) in [7, 11) is 3.39. The molecule has 0 atom stereocenters. The van der Waals surface area contributed by atoms with Crippen molar-refractivity contribution in [3.05, 3.63) is 138 Å². The molecule has 0 spiro atoms. The van der Waals surface area contributed by atoms with Gasteiger partial charge in [0, 0.05) is 17.1 Å². The zero-order valence-electron chi connectivity index (χ0n) is 23.6. The summed E-state index contributed by atoms with van der Waals surface area (Å²) in [5, 5.41) is 2.83. The molecule has 2 aliphatic carbocycles. The van der Waals surface area contributed by atoms with E-state index in [9.17, 15) is 0 Å². The van der Waals surface area contributed by atoms with Gasteiger partial charge in [-0.15, -0.1) is 0 Å². The molecule has 2 aliphatic rings. The quantitative estimate of drug-likeness (QED) is 0.197. The summed E-state index contributed by atoms with van der Waals surface area (Å²) in [6, 6.07) is 36.8. The second-order valence-corrected chi connectivity index (χ2v) is 10.8. The van der Waals surface area contributed by atoms with Crippen LogP contribution in [0, 0.1) is 0 Å². The average Bonchev–Trinajstić information content (AvgIpc) is 3.04. The number of nitrogens with zero attached hydrogens (tertiary/aromatic N) is 1. The molecule has 0 saturated carbocycles. The smallest absolute Gasteiger partial charge is 0.119 e. The van der Waals surface area contributed by atoms with Crippen LogP contribution in [0.4, 0.5) is 17.1 Å². The standard InChI is InChI=1S/C38H33NO2/c1-40-34-21-17-32(18-22-34)39(33-19-23-35(41-2)24-20-33)31-15-7-26(8-16-31)6-9-27-10-11-30-13-12-28-4-3-5-29-14-25-36(27)38(30)37(28)29/h3-5,7-8,10,13-25H,6,9,11-12H2,1-2H3. The molecule has 0 radical (unpaired) electrons. The SMILES string of the molecule is COc1ccc(N(c2ccc(CCC3=CCC4=CCc5cccc6ccc3c4c56)cc2)c2ccc(OC)cc2)cc1. The van der Waals surface area contributed by atoms with Gasteiger partial charge in [0.2, 0.25) is 0 Å². The Labute approximate surface area is 242 Å². The molecule has 41 heavy (non-hydrogen) atoms. The van der Waals surface area contributed by atoms with Gasteiger partial charge in [0.25, 0.3) is 0 Å². The van der Waals surface area contributed by atoms with E-state index in [1.807, 2.05) is 24.3 Å². The number of aryl methyl sites for hydroxylation is 1. The molecule has 0 unspecified atom stereocenters. The Kier molecular flexibility index (Phi) is 6.56. The molecule has 3 nitrogen and oxygen atoms in total. The van der Waals surface area contributed by atoms with E-state index in [4.69, 9.17) is 9.47 Å². The molecular formula is C38H33NO2. The molecule has 202 valence electrons. The highest BCUT2D eigenvalue weighted by molar-refractivity contribution is 6.04. The normalized spacial score (nSPS) is 13.4. The van der Waals surface area contributed by atoms with Gasteiger partial charge in [-0.05, 0) is 131 Å². The predicted octanol–water partition coefficient (Wildman–Crippen LogP) is 9.69. The largest absolute Gasteiger partial charge is 0.497 e. The highest BCUT2D eigenvalue weighted by Crippen LogP contribution is 2.44. The number of hydrogen-bond acceptors (Lipinski definition) is 3. The van der Waals surface area contributed by atoms with E-state index in [1.54, 1.807) is 14.2 Å². The molecule has 0 aromatic heterocycles. The van der Waals surface area contributed by atoms with Crippen LogP contribution in [0.15, 0.2) is 115 Å². The summed E-state index contributed by atoms with van der Waals surface area (Å²) in [5.41, 5.74) is 11.9. The van der Waals surface area contributed by atoms with Crippen molar-refractivity contribution >= 4 is 39.0 Å². The average molecular weight is 536 g/mol. The zero-order chi connectivity index (χ0) is 27.8. The van der Waals surface area contributed by atoms with Gasteiger partial charge in [-0.1, -0.05) is 54.6 Å². The zero-order valence-corrected chi connectivity index (χ0v) is 23.6. The third-order valence-corrected chi connectivity index (χ3v) is 8.47. The number of allylic oxidation sites excluding steroid dienone is 4. The number of hydrogen-bond donors (Lipinski definition) is 0. The summed E-state index contributed by atoms with van der Waals surface area (Å²) >= 11 is 0. The Bertz CT molecular complexity index is 1730. The van der Waals surface area contributed by atoms with Crippen molar-refractivity contribution in [2.24, 2.45) is 0 Å². The van der Waals surface area contributed by atoms with Crippen LogP contribution in [-0.4, -0.2) is 14.2 Å². The van der Waals surface area contributed by atoms with E-state index in [1.165, 1.54) is 44.2 Å². The van der Waals surface area contributed by atoms with Crippen LogP contribution >= 0.6 is 0 Å². The van der Waals surface area contributed by atoms with Crippen LogP contribution in [-0.2, 0) is 12.8 Å². The van der Waals surface area contributed by atoms with Crippen molar-refractivity contribution in [1.82, 2.24) is 0 Å². The highest BCUT2D eigenvalue weighted by Gasteiger charge is 2.23. The first-order chi connectivity index (χ1) is 20.2. The van der Waals surface area contributed by atoms with Gasteiger partial charge in [-0.3, -0.25) is 0 Å². The molecule has 7 rings (SSSR count). The van der Waals surface area contributed by atoms with Crippen LogP contribution in [0.1, 0.15) is 35.1 Å². The first-order valence-corrected chi connectivity index (χ1v) is 14.3. The number of benzene rings is 5. The van der Waals surface area contributed by atoms with E-state index in [0.29, 0.717) is 0 Å². The van der Waals surface area contributed by atoms with Gasteiger partial charge in [0.15, 0.2) is 0 Å². The van der Waals surface area contributed by atoms with Gasteiger partial charge in [0.05, 0.1) is 14.2 Å². The lowest BCUT2D eigenvalue weighted by atomic mass is 9.78. The van der Waals surface area contributed by atoms with Crippen molar-refractivity contribution in [3.8, 4) is 11.5 Å². The summed E-state index contributed by atoms with van der Waals surface area (Å²) in [4.78, 5) is 2.26. The molecule has 5 aromatic carbocycles. The van der Waals surface area contributed by atoms with Gasteiger partial charge in [-0.2, -0.15) is 0 Å². The van der Waals surface area contributed by atoms with Crippen LogP contribution in [0.3, 0.4) is 0 Å². The van der Waals surface area contributed by atoms with E-state index in [0.717, 1.165) is 54.2 Å². The molecule has 0 aliphatic heterocycles. The van der Waals surface area contributed by atoms with Gasteiger partial charge >= 0.3 is 0 Å². The lowest BCUT2D eigenvalue weighted by molar-refractivity contribution is 0.415. The van der Waals surface area contributed by atoms with Gasteiger partial charge < -0.3 is 14.4 Å². The summed E-state index contributed by atoms with van der Waals surface area (Å²) in [5.74, 6) is 1.69. The summed E-state index contributed by atoms with van der Waals surface area (Å²) in [6.45, 7) is 0. The van der Waals surface area contributed by atoms with Crippen molar-refractivity contribution in [2.75, 3.05) is 19.1 Å². The fraction of sp³-hybridized carbons (Fsp3) is 0.158. The van der Waals surface area contributed by atoms with Crippen LogP contribution in [0.5, 0.6) is 11.5 Å². The molecular weight excluding hydrogens is 502 g/mol. The van der Waals surface area contributed by atoms with Crippen molar-refractivity contribution in [2.45, 2.75) is 25.7 Å². The minimum absolute atomic E-state index is 0.843. The number of anilines is 3. The second kappa shape index (κ2) is 10.7. The number of methoxy groups -OCH3 is 2. The number of rotatable bonds is 8. The van der Waals surface area contributed by atoms with Crippen LogP contribution in [0.25, 0.3) is 21.9 Å². The minimum Gasteiger partial charge on any atom is -0.497 e. The Morgan fingerprint density at radius 1 is 0.610 bits per heavy atom. The van der Waals surface area contributed by atoms with Crippen molar-refractivity contribution < 1.29 is 9.47 Å². The monoisotopic (exact) mass is 535 g/mol. The molecule has 0 bridgehead atoms. The lowest BCUT2D eigenvalue weighted by Gasteiger charge is -2.27. The second-order valence-electron chi connectivity index (χ2n) is 10.8. The first-order valence-electron chi connectivity index (χ1n) is 14.3. The fourth-order valence-corrected chi connectivity index (χ4v) is 6.33. The molecule has 0 amide bonds. The first kappa shape index (κ1) is 25.2. The third-order valence-electron chi connectivity index (χ3n) is 8.47. The van der Waals surface area contributed by atoms with E-state index < -0.39 is 0 Å².